The number of pyridine rings is 1. The van der Waals surface area contributed by atoms with Crippen LogP contribution in [0.25, 0.3) is 10.8 Å². The largest absolute Gasteiger partial charge is 0.399 e. The summed E-state index contributed by atoms with van der Waals surface area (Å²) in [6, 6.07) is 16.7. The Hall–Kier alpha value is -3.95. The number of hydrazine groups is 1. The fourth-order valence-corrected chi connectivity index (χ4v) is 3.31. The van der Waals surface area contributed by atoms with E-state index in [1.165, 1.54) is 23.6 Å². The van der Waals surface area contributed by atoms with Crippen LogP contribution in [0.2, 0.25) is 0 Å². The lowest BCUT2D eigenvalue weighted by Gasteiger charge is -2.26. The summed E-state index contributed by atoms with van der Waals surface area (Å²) in [4.78, 5) is 27.9. The minimum Gasteiger partial charge on any atom is -0.399 e. The summed E-state index contributed by atoms with van der Waals surface area (Å²) in [5.41, 5.74) is 9.43. The molecule has 1 heterocycles. The number of nitrogens with one attached hydrogen (secondary N) is 2. The molecule has 0 aliphatic carbocycles. The number of aromatic nitrogens is 1. The molecular weight excluding hydrogens is 408 g/mol. The van der Waals surface area contributed by atoms with E-state index in [9.17, 15) is 9.59 Å². The molecule has 9 heteroatoms. The fourth-order valence-electron chi connectivity index (χ4n) is 3.31. The fraction of sp³-hybridized carbons (Fsp3) is 0.174. The van der Waals surface area contributed by atoms with E-state index in [0.29, 0.717) is 17.7 Å². The van der Waals surface area contributed by atoms with Crippen LogP contribution in [-0.4, -0.2) is 39.6 Å². The summed E-state index contributed by atoms with van der Waals surface area (Å²) in [6.45, 7) is 0.0732. The second-order valence-corrected chi connectivity index (χ2v) is 7.35. The first-order valence-electron chi connectivity index (χ1n) is 10.0. The summed E-state index contributed by atoms with van der Waals surface area (Å²) in [7, 11) is 0. The lowest BCUT2D eigenvalue weighted by atomic mass is 9.99. The molecule has 1 aromatic heterocycles. The molecule has 2 aromatic carbocycles. The van der Waals surface area contributed by atoms with E-state index in [0.717, 1.165) is 16.3 Å². The molecule has 3 aromatic rings. The number of fused-ring (bicyclic) bond motifs is 1. The monoisotopic (exact) mass is 434 g/mol. The van der Waals surface area contributed by atoms with Gasteiger partial charge < -0.3 is 16.1 Å². The maximum absolute atomic E-state index is 12.2. The topological polar surface area (TPSA) is 147 Å². The van der Waals surface area contributed by atoms with Crippen LogP contribution in [0.5, 0.6) is 0 Å². The van der Waals surface area contributed by atoms with E-state index in [4.69, 9.17) is 16.8 Å². The van der Waals surface area contributed by atoms with Crippen LogP contribution >= 0.6 is 0 Å². The van der Waals surface area contributed by atoms with Gasteiger partial charge in [0.2, 0.25) is 5.91 Å². The molecule has 1 atom stereocenters. The van der Waals surface area contributed by atoms with Crippen LogP contribution in [0.3, 0.4) is 0 Å². The maximum Gasteiger partial charge on any atom is 0.251 e. The van der Waals surface area contributed by atoms with E-state index < -0.39 is 11.9 Å². The van der Waals surface area contributed by atoms with Gasteiger partial charge in [0.05, 0.1) is 19.0 Å². The second-order valence-electron chi connectivity index (χ2n) is 7.35. The third-order valence-corrected chi connectivity index (χ3v) is 4.96. The Labute approximate surface area is 185 Å². The zero-order chi connectivity index (χ0) is 22.9. The molecule has 3 rings (SSSR count). The van der Waals surface area contributed by atoms with E-state index in [-0.39, 0.29) is 18.9 Å². The van der Waals surface area contributed by atoms with Crippen LogP contribution < -0.4 is 22.4 Å². The molecule has 0 aliphatic heterocycles. The van der Waals surface area contributed by atoms with Crippen LogP contribution in [0.4, 0.5) is 0 Å². The Bertz CT molecular complexity index is 1100. The second kappa shape index (κ2) is 10.9. The third kappa shape index (κ3) is 6.27. The first kappa shape index (κ1) is 22.7. The lowest BCUT2D eigenvalue weighted by Crippen LogP contribution is -2.42. The SMILES string of the molecule is N/C(=C\N(N)C(CC(=O)NO)Cc1ccc2ccccc2c1)CNC(=O)c1ccncc1. The first-order chi connectivity index (χ1) is 15.5. The standard InChI is InChI=1S/C23H26N6O3/c24-20(14-27-23(31)18-7-9-26-10-8-18)15-29(25)21(13-22(30)28-32)12-16-5-6-17-3-1-2-4-19(17)11-16/h1-11,15,21,32H,12-14,24-25H2,(H,27,31)(H,28,30)/b20-15-. The molecule has 7 N–H and O–H groups in total. The first-order valence-corrected chi connectivity index (χ1v) is 10.0. The van der Waals surface area contributed by atoms with Crippen molar-refractivity contribution < 1.29 is 14.8 Å². The average molecular weight is 435 g/mol. The van der Waals surface area contributed by atoms with E-state index in [1.807, 2.05) is 42.5 Å². The van der Waals surface area contributed by atoms with E-state index in [2.05, 4.69) is 10.3 Å². The normalized spacial score (nSPS) is 12.2. The molecule has 0 bridgehead atoms. The molecular formula is C23H26N6O3. The van der Waals surface area contributed by atoms with Crippen molar-refractivity contribution in [1.82, 2.24) is 20.8 Å². The molecule has 1 unspecified atom stereocenters. The summed E-state index contributed by atoms with van der Waals surface area (Å²) < 4.78 is 0. The Morgan fingerprint density at radius 1 is 1.09 bits per heavy atom. The molecule has 0 radical (unpaired) electrons. The smallest absolute Gasteiger partial charge is 0.251 e. The van der Waals surface area contributed by atoms with Crippen molar-refractivity contribution in [2.75, 3.05) is 6.54 Å². The highest BCUT2D eigenvalue weighted by Gasteiger charge is 2.19. The highest BCUT2D eigenvalue weighted by Crippen LogP contribution is 2.18. The van der Waals surface area contributed by atoms with Gasteiger partial charge in [0.15, 0.2) is 0 Å². The number of rotatable bonds is 9. The number of hydrogen-bond donors (Lipinski definition) is 5. The predicted octanol–water partition coefficient (Wildman–Crippen LogP) is 1.45. The molecule has 0 saturated carbocycles. The molecule has 166 valence electrons. The zero-order valence-corrected chi connectivity index (χ0v) is 17.4. The van der Waals surface area contributed by atoms with Gasteiger partial charge in [-0.1, -0.05) is 42.5 Å². The van der Waals surface area contributed by atoms with Gasteiger partial charge in [0.1, 0.15) is 0 Å². The number of amides is 2. The number of carbonyl (C=O) groups excluding carboxylic acids is 2. The number of benzene rings is 2. The van der Waals surface area contributed by atoms with Crippen molar-refractivity contribution in [3.63, 3.8) is 0 Å². The molecule has 2 amide bonds. The van der Waals surface area contributed by atoms with Gasteiger partial charge in [-0.15, -0.1) is 0 Å². The predicted molar refractivity (Wildman–Crippen MR) is 121 cm³/mol. The lowest BCUT2D eigenvalue weighted by molar-refractivity contribution is -0.130. The van der Waals surface area contributed by atoms with Crippen LogP contribution in [0, 0.1) is 0 Å². The minimum absolute atomic E-state index is 0.0486. The van der Waals surface area contributed by atoms with Gasteiger partial charge in [-0.25, -0.2) is 11.3 Å². The average Bonchev–Trinajstić information content (AvgIpc) is 2.82. The van der Waals surface area contributed by atoms with Crippen LogP contribution in [-0.2, 0) is 11.2 Å². The highest BCUT2D eigenvalue weighted by atomic mass is 16.5. The van der Waals surface area contributed by atoms with Gasteiger partial charge in [-0.05, 0) is 34.9 Å². The van der Waals surface area contributed by atoms with Crippen molar-refractivity contribution in [1.29, 1.82) is 0 Å². The third-order valence-electron chi connectivity index (χ3n) is 4.96. The van der Waals surface area contributed by atoms with Gasteiger partial charge in [-0.3, -0.25) is 19.8 Å². The van der Waals surface area contributed by atoms with Gasteiger partial charge in [0, 0.05) is 29.9 Å². The Balaban J connectivity index is 1.69. The molecule has 0 spiro atoms. The van der Waals surface area contributed by atoms with Crippen molar-refractivity contribution in [2.45, 2.75) is 18.9 Å². The summed E-state index contributed by atoms with van der Waals surface area (Å²) in [6.07, 6.45) is 4.93. The number of hydrogen-bond acceptors (Lipinski definition) is 7. The summed E-state index contributed by atoms with van der Waals surface area (Å²) in [5.74, 6) is 5.34. The quantitative estimate of drug-likeness (QED) is 0.195. The Morgan fingerprint density at radius 2 is 1.81 bits per heavy atom. The number of nitrogens with two attached hydrogens (primary N) is 2. The highest BCUT2D eigenvalue weighted by molar-refractivity contribution is 5.94. The summed E-state index contributed by atoms with van der Waals surface area (Å²) >= 11 is 0. The summed E-state index contributed by atoms with van der Waals surface area (Å²) in [5, 5.41) is 15.2. The number of hydroxylamine groups is 1. The molecule has 0 aliphatic rings. The minimum atomic E-state index is -0.566. The zero-order valence-electron chi connectivity index (χ0n) is 17.4. The van der Waals surface area contributed by atoms with E-state index in [1.54, 1.807) is 17.6 Å². The van der Waals surface area contributed by atoms with Gasteiger partial charge in [0.25, 0.3) is 5.91 Å². The van der Waals surface area contributed by atoms with Crippen molar-refractivity contribution in [3.8, 4) is 0 Å². The van der Waals surface area contributed by atoms with Crippen LogP contribution in [0.1, 0.15) is 22.3 Å². The molecule has 0 fully saturated rings. The Morgan fingerprint density at radius 3 is 2.53 bits per heavy atom. The van der Waals surface area contributed by atoms with E-state index >= 15 is 0 Å². The van der Waals surface area contributed by atoms with Crippen molar-refractivity contribution in [2.24, 2.45) is 11.6 Å². The van der Waals surface area contributed by atoms with Crippen LogP contribution in [0.15, 0.2) is 78.9 Å². The number of nitrogens with zero attached hydrogens (tertiary/aromatic N) is 2. The maximum atomic E-state index is 12.2. The Kier molecular flexibility index (Phi) is 7.74. The molecule has 9 nitrogen and oxygen atoms in total. The van der Waals surface area contributed by atoms with Crippen molar-refractivity contribution in [3.05, 3.63) is 90.0 Å². The molecule has 32 heavy (non-hydrogen) atoms. The van der Waals surface area contributed by atoms with Crippen molar-refractivity contribution >= 4 is 22.6 Å². The molecule has 0 saturated heterocycles. The number of carbonyl (C=O) groups is 2. The van der Waals surface area contributed by atoms with Gasteiger partial charge >= 0.3 is 0 Å². The van der Waals surface area contributed by atoms with Gasteiger partial charge in [-0.2, -0.15) is 0 Å².